The molecular weight excluding hydrogens is 527 g/mol. The minimum atomic E-state index is -0.295. The van der Waals surface area contributed by atoms with Gasteiger partial charge in [-0.25, -0.2) is 9.78 Å². The molecule has 4 atom stereocenters. The highest BCUT2D eigenvalue weighted by Gasteiger charge is 2.65. The van der Waals surface area contributed by atoms with Gasteiger partial charge in [0.1, 0.15) is 9.88 Å². The lowest BCUT2D eigenvalue weighted by Crippen LogP contribution is -2.69. The summed E-state index contributed by atoms with van der Waals surface area (Å²) in [6.07, 6.45) is 6.64. The Morgan fingerprint density at radius 1 is 1.39 bits per heavy atom. The number of halogens is 1. The Labute approximate surface area is 206 Å². The lowest BCUT2D eigenvalue weighted by Gasteiger charge is -2.57. The number of nitrogens with one attached hydrogen (secondary N) is 2. The highest BCUT2D eigenvalue weighted by atomic mass is 127. The summed E-state index contributed by atoms with van der Waals surface area (Å²) < 4.78 is 11.3. The molecule has 3 fully saturated rings. The Morgan fingerprint density at radius 2 is 2.13 bits per heavy atom. The average Bonchev–Trinajstić information content (AvgIpc) is 3.45. The molecule has 1 spiro atoms. The molecule has 2 aliphatic carbocycles. The number of carbonyl (C=O) groups is 1. The summed E-state index contributed by atoms with van der Waals surface area (Å²) >= 11 is 1.40. The Bertz CT molecular complexity index is 809. The zero-order valence-electron chi connectivity index (χ0n) is 18.9. The number of rotatable bonds is 6. The lowest BCUT2D eigenvalue weighted by atomic mass is 9.54. The fraction of sp³-hybridized carbons (Fsp3) is 0.773. The second-order valence-corrected chi connectivity index (χ2v) is 9.71. The minimum absolute atomic E-state index is 0. The molecule has 7 nitrogen and oxygen atoms in total. The first kappa shape index (κ1) is 24.7. The molecule has 31 heavy (non-hydrogen) atoms. The van der Waals surface area contributed by atoms with Crippen LogP contribution in [0.25, 0.3) is 0 Å². The molecule has 2 heterocycles. The van der Waals surface area contributed by atoms with Crippen LogP contribution < -0.4 is 10.6 Å². The SMILES string of the molecule is CCN=C(NC(C)c1nc(C)c(C(=O)OCC)s1)NC1C2CCOC2C12CCCC2.I. The van der Waals surface area contributed by atoms with Crippen molar-refractivity contribution in [1.82, 2.24) is 15.6 Å². The first-order valence-corrected chi connectivity index (χ1v) is 12.2. The summed E-state index contributed by atoms with van der Waals surface area (Å²) in [5, 5.41) is 8.16. The number of esters is 1. The molecule has 1 aromatic heterocycles. The number of nitrogens with zero attached hydrogens (tertiary/aromatic N) is 2. The highest BCUT2D eigenvalue weighted by Crippen LogP contribution is 2.60. The van der Waals surface area contributed by atoms with Gasteiger partial charge in [0, 0.05) is 30.5 Å². The van der Waals surface area contributed by atoms with E-state index in [1.807, 2.05) is 20.8 Å². The fourth-order valence-electron chi connectivity index (χ4n) is 5.60. The van der Waals surface area contributed by atoms with Crippen molar-refractivity contribution in [3.05, 3.63) is 15.6 Å². The van der Waals surface area contributed by atoms with E-state index in [1.165, 1.54) is 37.0 Å². The number of hydrogen-bond acceptors (Lipinski definition) is 6. The number of aliphatic imine (C=N–C) groups is 1. The fourth-order valence-corrected chi connectivity index (χ4v) is 6.56. The Kier molecular flexibility index (Phi) is 8.23. The topological polar surface area (TPSA) is 84.8 Å². The van der Waals surface area contributed by atoms with Gasteiger partial charge in [-0.1, -0.05) is 12.8 Å². The summed E-state index contributed by atoms with van der Waals surface area (Å²) in [6.45, 7) is 9.74. The van der Waals surface area contributed by atoms with Crippen LogP contribution in [0.3, 0.4) is 0 Å². The van der Waals surface area contributed by atoms with Crippen molar-refractivity contribution in [2.45, 2.75) is 78.0 Å². The second-order valence-electron chi connectivity index (χ2n) is 8.68. The van der Waals surface area contributed by atoms with E-state index in [9.17, 15) is 4.79 Å². The summed E-state index contributed by atoms with van der Waals surface area (Å²) in [5.74, 6) is 1.12. The highest BCUT2D eigenvalue weighted by molar-refractivity contribution is 14.0. The molecule has 4 unspecified atom stereocenters. The van der Waals surface area contributed by atoms with Gasteiger partial charge in [-0.05, 0) is 47.0 Å². The van der Waals surface area contributed by atoms with Gasteiger partial charge in [-0.15, -0.1) is 35.3 Å². The smallest absolute Gasteiger partial charge is 0.350 e. The molecule has 174 valence electrons. The average molecular weight is 563 g/mol. The molecule has 1 aromatic rings. The van der Waals surface area contributed by atoms with Crippen molar-refractivity contribution in [1.29, 1.82) is 0 Å². The Hall–Kier alpha value is -0.940. The zero-order chi connectivity index (χ0) is 21.3. The van der Waals surface area contributed by atoms with Crippen molar-refractivity contribution in [3.63, 3.8) is 0 Å². The minimum Gasteiger partial charge on any atom is -0.462 e. The van der Waals surface area contributed by atoms with Crippen molar-refractivity contribution in [2.75, 3.05) is 19.8 Å². The number of guanidine groups is 1. The number of aromatic nitrogens is 1. The predicted molar refractivity (Wildman–Crippen MR) is 133 cm³/mol. The van der Waals surface area contributed by atoms with Crippen molar-refractivity contribution < 1.29 is 14.3 Å². The molecule has 1 aliphatic heterocycles. The number of aryl methyl sites for hydroxylation is 1. The van der Waals surface area contributed by atoms with Gasteiger partial charge in [0.05, 0.1) is 24.4 Å². The van der Waals surface area contributed by atoms with Crippen LogP contribution in [0.5, 0.6) is 0 Å². The van der Waals surface area contributed by atoms with Crippen LogP contribution in [-0.2, 0) is 9.47 Å². The first-order valence-electron chi connectivity index (χ1n) is 11.3. The molecule has 1 saturated heterocycles. The van der Waals surface area contributed by atoms with Gasteiger partial charge < -0.3 is 20.1 Å². The Morgan fingerprint density at radius 3 is 2.81 bits per heavy atom. The van der Waals surface area contributed by atoms with Crippen LogP contribution in [0.2, 0.25) is 0 Å². The van der Waals surface area contributed by atoms with Gasteiger partial charge in [0.25, 0.3) is 0 Å². The largest absolute Gasteiger partial charge is 0.462 e. The standard InChI is InChI=1S/C22H34N4O3S.HI/c1-5-23-21(25-14(4)19-24-13(3)16(30-19)20(27)28-6-2)26-17-15-9-12-29-18(15)22(17)10-7-8-11-22;/h14-15,17-18H,5-12H2,1-4H3,(H2,23,25,26);1H. The predicted octanol–water partition coefficient (Wildman–Crippen LogP) is 4.21. The van der Waals surface area contributed by atoms with Gasteiger partial charge in [-0.2, -0.15) is 0 Å². The van der Waals surface area contributed by atoms with Crippen LogP contribution in [-0.4, -0.2) is 48.8 Å². The number of hydrogen-bond donors (Lipinski definition) is 2. The van der Waals surface area contributed by atoms with E-state index in [1.54, 1.807) is 0 Å². The summed E-state index contributed by atoms with van der Waals surface area (Å²) in [7, 11) is 0. The maximum absolute atomic E-state index is 12.1. The lowest BCUT2D eigenvalue weighted by molar-refractivity contribution is -0.125. The van der Waals surface area contributed by atoms with E-state index in [2.05, 4.69) is 22.5 Å². The second kappa shape index (κ2) is 10.3. The molecule has 0 aromatic carbocycles. The van der Waals surface area contributed by atoms with Crippen LogP contribution in [0.15, 0.2) is 4.99 Å². The maximum Gasteiger partial charge on any atom is 0.350 e. The van der Waals surface area contributed by atoms with Crippen molar-refractivity contribution in [3.8, 4) is 0 Å². The Balaban J connectivity index is 0.00000272. The third-order valence-electron chi connectivity index (χ3n) is 6.89. The van der Waals surface area contributed by atoms with E-state index in [0.717, 1.165) is 29.7 Å². The van der Waals surface area contributed by atoms with Crippen LogP contribution in [0.4, 0.5) is 0 Å². The number of ether oxygens (including phenoxy) is 2. The van der Waals surface area contributed by atoms with Gasteiger partial charge in [-0.3, -0.25) is 4.99 Å². The van der Waals surface area contributed by atoms with Crippen LogP contribution in [0, 0.1) is 18.3 Å². The van der Waals surface area contributed by atoms with E-state index in [0.29, 0.717) is 36.1 Å². The molecule has 4 rings (SSSR count). The van der Waals surface area contributed by atoms with E-state index in [4.69, 9.17) is 14.5 Å². The zero-order valence-corrected chi connectivity index (χ0v) is 22.0. The van der Waals surface area contributed by atoms with Crippen molar-refractivity contribution >= 4 is 47.2 Å². The first-order chi connectivity index (χ1) is 14.5. The normalized spacial score (nSPS) is 27.2. The van der Waals surface area contributed by atoms with Gasteiger partial charge in [0.15, 0.2) is 5.96 Å². The molecular formula is C22H35IN4O3S. The number of fused-ring (bicyclic) bond motifs is 2. The number of carbonyl (C=O) groups excluding carboxylic acids is 1. The monoisotopic (exact) mass is 562 g/mol. The summed E-state index contributed by atoms with van der Waals surface area (Å²) in [4.78, 5) is 22.1. The van der Waals surface area contributed by atoms with E-state index in [-0.39, 0.29) is 41.4 Å². The summed E-state index contributed by atoms with van der Waals surface area (Å²) in [6, 6.07) is 0.371. The quantitative estimate of drug-likeness (QED) is 0.234. The molecule has 3 aliphatic rings. The third kappa shape index (κ3) is 4.59. The summed E-state index contributed by atoms with van der Waals surface area (Å²) in [5.41, 5.74) is 0.994. The molecule has 0 amide bonds. The van der Waals surface area contributed by atoms with E-state index >= 15 is 0 Å². The van der Waals surface area contributed by atoms with Crippen molar-refractivity contribution in [2.24, 2.45) is 16.3 Å². The third-order valence-corrected chi connectivity index (χ3v) is 8.21. The molecule has 9 heteroatoms. The van der Waals surface area contributed by atoms with Gasteiger partial charge in [0.2, 0.25) is 0 Å². The maximum atomic E-state index is 12.1. The van der Waals surface area contributed by atoms with Gasteiger partial charge >= 0.3 is 5.97 Å². The molecule has 2 N–H and O–H groups in total. The van der Waals surface area contributed by atoms with Crippen LogP contribution >= 0.6 is 35.3 Å². The number of thiazole rings is 1. The molecule has 0 bridgehead atoms. The van der Waals surface area contributed by atoms with Crippen LogP contribution in [0.1, 0.15) is 79.3 Å². The molecule has 2 saturated carbocycles. The molecule has 0 radical (unpaired) electrons. The van der Waals surface area contributed by atoms with E-state index < -0.39 is 0 Å².